The average Bonchev–Trinajstić information content (AvgIpc) is 2.98. The quantitative estimate of drug-likeness (QED) is 0.757. The first-order valence-corrected chi connectivity index (χ1v) is 8.06. The molecule has 2 heterocycles. The molecule has 6 nitrogen and oxygen atoms in total. The minimum Gasteiger partial charge on any atom is -0.372 e. The van der Waals surface area contributed by atoms with Crippen molar-refractivity contribution in [1.82, 2.24) is 19.6 Å². The van der Waals surface area contributed by atoms with E-state index in [9.17, 15) is 13.2 Å². The van der Waals surface area contributed by atoms with Crippen LogP contribution in [-0.2, 0) is 6.18 Å². The number of hydrogen-bond acceptors (Lipinski definition) is 5. The van der Waals surface area contributed by atoms with Crippen LogP contribution < -0.4 is 10.2 Å². The largest absolute Gasteiger partial charge is 0.453 e. The van der Waals surface area contributed by atoms with Crippen LogP contribution in [0, 0.1) is 6.92 Å². The molecular weight excluding hydrogens is 345 g/mol. The molecule has 0 saturated heterocycles. The normalized spacial score (nSPS) is 12.0. The van der Waals surface area contributed by atoms with E-state index in [1.165, 1.54) is 0 Å². The van der Waals surface area contributed by atoms with E-state index in [0.29, 0.717) is 17.6 Å². The molecule has 0 fully saturated rings. The molecule has 0 amide bonds. The molecule has 3 aromatic rings. The number of rotatable bonds is 4. The van der Waals surface area contributed by atoms with Crippen LogP contribution in [0.1, 0.15) is 25.4 Å². The Balaban J connectivity index is 2.01. The molecule has 0 spiro atoms. The van der Waals surface area contributed by atoms with E-state index in [4.69, 9.17) is 0 Å². The van der Waals surface area contributed by atoms with Crippen molar-refractivity contribution >= 4 is 23.0 Å². The summed E-state index contributed by atoms with van der Waals surface area (Å²) in [6, 6.07) is 9.54. The first-order valence-electron chi connectivity index (χ1n) is 8.06. The zero-order valence-corrected chi connectivity index (χ0v) is 14.8. The molecule has 0 atom stereocenters. The van der Waals surface area contributed by atoms with Crippen LogP contribution in [0.25, 0.3) is 5.78 Å². The third-order valence-electron chi connectivity index (χ3n) is 3.99. The predicted octanol–water partition coefficient (Wildman–Crippen LogP) is 4.04. The summed E-state index contributed by atoms with van der Waals surface area (Å²) in [6.07, 6.45) is -4.63. The van der Waals surface area contributed by atoms with Crippen LogP contribution in [0.15, 0.2) is 30.3 Å². The summed E-state index contributed by atoms with van der Waals surface area (Å²) in [5.41, 5.74) is 2.25. The van der Waals surface area contributed by atoms with Gasteiger partial charge in [-0.25, -0.2) is 4.98 Å². The van der Waals surface area contributed by atoms with Crippen LogP contribution in [0.3, 0.4) is 0 Å². The van der Waals surface area contributed by atoms with Crippen LogP contribution in [-0.4, -0.2) is 32.7 Å². The molecule has 0 radical (unpaired) electrons. The number of anilines is 3. The van der Waals surface area contributed by atoms with Gasteiger partial charge in [0.25, 0.3) is 11.6 Å². The molecule has 9 heteroatoms. The standard InChI is InChI=1S/C17H19F3N6/c1-10(2)25(4)13-7-5-6-12(9-13)22-14-8-11(3)21-16-23-15(17(18,19)20)24-26(14)16/h5-10,22H,1-4H3. The van der Waals surface area contributed by atoms with Gasteiger partial charge >= 0.3 is 6.18 Å². The number of aromatic nitrogens is 4. The average molecular weight is 364 g/mol. The number of aryl methyl sites for hydroxylation is 1. The summed E-state index contributed by atoms with van der Waals surface area (Å²) in [7, 11) is 1.98. The van der Waals surface area contributed by atoms with Gasteiger partial charge in [0.2, 0.25) is 0 Å². The molecule has 0 aliphatic carbocycles. The first-order chi connectivity index (χ1) is 12.1. The van der Waals surface area contributed by atoms with Crippen molar-refractivity contribution in [2.24, 2.45) is 0 Å². The number of fused-ring (bicyclic) bond motifs is 1. The minimum absolute atomic E-state index is 0.102. The maximum Gasteiger partial charge on any atom is 0.453 e. The highest BCUT2D eigenvalue weighted by atomic mass is 19.4. The lowest BCUT2D eigenvalue weighted by molar-refractivity contribution is -0.144. The Labute approximate surface area is 148 Å². The van der Waals surface area contributed by atoms with Crippen molar-refractivity contribution in [1.29, 1.82) is 0 Å². The Hall–Kier alpha value is -2.84. The Bertz CT molecular complexity index is 932. The highest BCUT2D eigenvalue weighted by Gasteiger charge is 2.36. The van der Waals surface area contributed by atoms with Crippen LogP contribution >= 0.6 is 0 Å². The maximum atomic E-state index is 12.9. The van der Waals surface area contributed by atoms with E-state index in [1.807, 2.05) is 31.3 Å². The van der Waals surface area contributed by atoms with E-state index >= 15 is 0 Å². The van der Waals surface area contributed by atoms with Crippen molar-refractivity contribution in [3.63, 3.8) is 0 Å². The fourth-order valence-corrected chi connectivity index (χ4v) is 2.45. The number of hydrogen-bond donors (Lipinski definition) is 1. The van der Waals surface area contributed by atoms with Crippen molar-refractivity contribution in [3.8, 4) is 0 Å². The SMILES string of the molecule is Cc1cc(Nc2cccc(N(C)C(C)C)c2)n2nc(C(F)(F)F)nc2n1. The molecule has 1 aromatic carbocycles. The summed E-state index contributed by atoms with van der Waals surface area (Å²) < 4.78 is 39.8. The van der Waals surface area contributed by atoms with Gasteiger partial charge < -0.3 is 10.2 Å². The first kappa shape index (κ1) is 18.0. The fourth-order valence-electron chi connectivity index (χ4n) is 2.45. The summed E-state index contributed by atoms with van der Waals surface area (Å²) in [6.45, 7) is 5.84. The monoisotopic (exact) mass is 364 g/mol. The minimum atomic E-state index is -4.63. The Morgan fingerprint density at radius 1 is 1.15 bits per heavy atom. The van der Waals surface area contributed by atoms with Gasteiger partial charge in [0.15, 0.2) is 0 Å². The lowest BCUT2D eigenvalue weighted by atomic mass is 10.2. The molecule has 1 N–H and O–H groups in total. The van der Waals surface area contributed by atoms with E-state index < -0.39 is 12.0 Å². The predicted molar refractivity (Wildman–Crippen MR) is 93.8 cm³/mol. The number of nitrogens with zero attached hydrogens (tertiary/aromatic N) is 5. The summed E-state index contributed by atoms with van der Waals surface area (Å²) in [5.74, 6) is -0.956. The summed E-state index contributed by atoms with van der Waals surface area (Å²) in [5, 5.41) is 6.67. The van der Waals surface area contributed by atoms with Gasteiger partial charge in [-0.3, -0.25) is 0 Å². The van der Waals surface area contributed by atoms with Gasteiger partial charge in [0.1, 0.15) is 5.82 Å². The molecule has 26 heavy (non-hydrogen) atoms. The molecule has 0 aliphatic heterocycles. The van der Waals surface area contributed by atoms with Gasteiger partial charge in [-0.05, 0) is 39.0 Å². The zero-order chi connectivity index (χ0) is 19.1. The third-order valence-corrected chi connectivity index (χ3v) is 3.99. The summed E-state index contributed by atoms with van der Waals surface area (Å²) in [4.78, 5) is 9.60. The molecule has 0 unspecified atom stereocenters. The van der Waals surface area contributed by atoms with Crippen molar-refractivity contribution in [3.05, 3.63) is 41.9 Å². The van der Waals surface area contributed by atoms with Gasteiger partial charge in [-0.2, -0.15) is 22.7 Å². The molecule has 138 valence electrons. The van der Waals surface area contributed by atoms with Crippen LogP contribution in [0.4, 0.5) is 30.4 Å². The van der Waals surface area contributed by atoms with E-state index in [2.05, 4.69) is 39.1 Å². The second kappa shape index (κ2) is 6.47. The van der Waals surface area contributed by atoms with Gasteiger partial charge in [0, 0.05) is 36.2 Å². The second-order valence-electron chi connectivity index (χ2n) is 6.31. The lowest BCUT2D eigenvalue weighted by Gasteiger charge is -2.24. The van der Waals surface area contributed by atoms with Gasteiger partial charge in [0.05, 0.1) is 0 Å². The number of halogens is 3. The third kappa shape index (κ3) is 3.56. The van der Waals surface area contributed by atoms with Crippen LogP contribution in [0.2, 0.25) is 0 Å². The Morgan fingerprint density at radius 2 is 1.88 bits per heavy atom. The summed E-state index contributed by atoms with van der Waals surface area (Å²) >= 11 is 0. The van der Waals surface area contributed by atoms with E-state index in [-0.39, 0.29) is 5.78 Å². The Morgan fingerprint density at radius 3 is 2.54 bits per heavy atom. The smallest absolute Gasteiger partial charge is 0.372 e. The molecule has 0 aliphatic rings. The molecule has 0 bridgehead atoms. The van der Waals surface area contributed by atoms with Gasteiger partial charge in [-0.15, -0.1) is 5.10 Å². The highest BCUT2D eigenvalue weighted by molar-refractivity contribution is 5.64. The maximum absolute atomic E-state index is 12.9. The number of benzene rings is 1. The molecule has 2 aromatic heterocycles. The lowest BCUT2D eigenvalue weighted by Crippen LogP contribution is -2.25. The molecule has 0 saturated carbocycles. The number of alkyl halides is 3. The van der Waals surface area contributed by atoms with E-state index in [0.717, 1.165) is 15.9 Å². The Kier molecular flexibility index (Phi) is 4.47. The zero-order valence-electron chi connectivity index (χ0n) is 14.8. The molecule has 3 rings (SSSR count). The second-order valence-corrected chi connectivity index (χ2v) is 6.31. The van der Waals surface area contributed by atoms with Crippen molar-refractivity contribution < 1.29 is 13.2 Å². The van der Waals surface area contributed by atoms with E-state index in [1.54, 1.807) is 13.0 Å². The fraction of sp³-hybridized carbons (Fsp3) is 0.353. The number of nitrogens with one attached hydrogen (secondary N) is 1. The molecular formula is C17H19F3N6. The van der Waals surface area contributed by atoms with Gasteiger partial charge in [-0.1, -0.05) is 6.07 Å². The van der Waals surface area contributed by atoms with Crippen molar-refractivity contribution in [2.45, 2.75) is 33.0 Å². The van der Waals surface area contributed by atoms with Crippen molar-refractivity contribution in [2.75, 3.05) is 17.3 Å². The van der Waals surface area contributed by atoms with Crippen LogP contribution in [0.5, 0.6) is 0 Å². The highest BCUT2D eigenvalue weighted by Crippen LogP contribution is 2.28. The topological polar surface area (TPSA) is 58.4 Å².